The van der Waals surface area contributed by atoms with E-state index in [-0.39, 0.29) is 11.7 Å². The number of benzene rings is 1. The third-order valence-corrected chi connectivity index (χ3v) is 2.51. The van der Waals surface area contributed by atoms with Crippen molar-refractivity contribution in [2.24, 2.45) is 10.9 Å². The zero-order valence-electron chi connectivity index (χ0n) is 10.6. The average molecular weight is 251 g/mol. The summed E-state index contributed by atoms with van der Waals surface area (Å²) in [5.74, 6) is 0.0782. The first-order valence-electron chi connectivity index (χ1n) is 5.42. The lowest BCUT2D eigenvalue weighted by Gasteiger charge is -2.14. The lowest BCUT2D eigenvalue weighted by molar-refractivity contribution is 0.0945. The predicted octanol–water partition coefficient (Wildman–Crippen LogP) is 0.868. The van der Waals surface area contributed by atoms with Gasteiger partial charge >= 0.3 is 0 Å². The van der Waals surface area contributed by atoms with Crippen molar-refractivity contribution in [3.05, 3.63) is 29.3 Å². The molecule has 0 aliphatic carbocycles. The molecule has 0 bridgehead atoms. The van der Waals surface area contributed by atoms with Gasteiger partial charge in [-0.25, -0.2) is 0 Å². The maximum Gasteiger partial charge on any atom is 0.255 e. The molecule has 1 aromatic rings. The van der Waals surface area contributed by atoms with E-state index in [0.717, 1.165) is 5.56 Å². The third-order valence-electron chi connectivity index (χ3n) is 2.51. The highest BCUT2D eigenvalue weighted by atomic mass is 16.5. The minimum absolute atomic E-state index is 0.0602. The number of ether oxygens (including phenoxy) is 1. The second-order valence-electron chi connectivity index (χ2n) is 3.92. The van der Waals surface area contributed by atoms with Gasteiger partial charge in [0.05, 0.1) is 18.7 Å². The molecule has 1 atom stereocenters. The number of nitrogens with one attached hydrogen (secondary N) is 1. The molecule has 98 valence electrons. The van der Waals surface area contributed by atoms with Gasteiger partial charge in [0.2, 0.25) is 0 Å². The van der Waals surface area contributed by atoms with Crippen LogP contribution >= 0.6 is 0 Å². The summed E-state index contributed by atoms with van der Waals surface area (Å²) in [4.78, 5) is 12.0. The summed E-state index contributed by atoms with van der Waals surface area (Å²) >= 11 is 0. The van der Waals surface area contributed by atoms with E-state index in [2.05, 4.69) is 10.5 Å². The van der Waals surface area contributed by atoms with Crippen molar-refractivity contribution in [2.75, 3.05) is 7.11 Å². The number of amides is 1. The van der Waals surface area contributed by atoms with Gasteiger partial charge in [0, 0.05) is 0 Å². The summed E-state index contributed by atoms with van der Waals surface area (Å²) in [5.41, 5.74) is 6.75. The van der Waals surface area contributed by atoms with Crippen molar-refractivity contribution in [2.45, 2.75) is 19.9 Å². The molecule has 0 saturated heterocycles. The van der Waals surface area contributed by atoms with Crippen LogP contribution in [-0.2, 0) is 0 Å². The van der Waals surface area contributed by atoms with Crippen LogP contribution in [0, 0.1) is 6.92 Å². The van der Waals surface area contributed by atoms with Gasteiger partial charge in [-0.1, -0.05) is 16.8 Å². The molecule has 1 aromatic carbocycles. The van der Waals surface area contributed by atoms with E-state index < -0.39 is 6.04 Å². The molecule has 0 aromatic heterocycles. The molecule has 1 rings (SSSR count). The van der Waals surface area contributed by atoms with Crippen LogP contribution in [0.3, 0.4) is 0 Å². The lowest BCUT2D eigenvalue weighted by Crippen LogP contribution is -2.42. The summed E-state index contributed by atoms with van der Waals surface area (Å²) in [7, 11) is 1.49. The third kappa shape index (κ3) is 3.13. The number of hydrogen-bond acceptors (Lipinski definition) is 4. The number of methoxy groups -OCH3 is 1. The van der Waals surface area contributed by atoms with Gasteiger partial charge in [-0.15, -0.1) is 0 Å². The standard InChI is InChI=1S/C12H17N3O3/c1-7-4-5-10(18-3)9(6-7)12(16)14-8(2)11(13)15-17/h4-6,8,17H,1-3H3,(H2,13,15)(H,14,16). The molecule has 0 aliphatic heterocycles. The first-order chi connectivity index (χ1) is 8.49. The number of nitrogens with two attached hydrogens (primary N) is 1. The smallest absolute Gasteiger partial charge is 0.255 e. The summed E-state index contributed by atoms with van der Waals surface area (Å²) in [6.45, 7) is 3.50. The Hall–Kier alpha value is -2.24. The Labute approximate surface area is 105 Å². The number of nitrogens with zero attached hydrogens (tertiary/aromatic N) is 1. The number of aryl methyl sites for hydroxylation is 1. The van der Waals surface area contributed by atoms with Crippen molar-refractivity contribution in [3.63, 3.8) is 0 Å². The fraction of sp³-hybridized carbons (Fsp3) is 0.333. The van der Waals surface area contributed by atoms with E-state index in [4.69, 9.17) is 15.7 Å². The molecule has 6 heteroatoms. The zero-order valence-corrected chi connectivity index (χ0v) is 10.6. The summed E-state index contributed by atoms with van der Waals surface area (Å²) < 4.78 is 5.12. The summed E-state index contributed by atoms with van der Waals surface area (Å²) in [5, 5.41) is 14.0. The quantitative estimate of drug-likeness (QED) is 0.320. The van der Waals surface area contributed by atoms with Crippen molar-refractivity contribution < 1.29 is 14.7 Å². The molecule has 0 heterocycles. The number of carbonyl (C=O) groups is 1. The predicted molar refractivity (Wildman–Crippen MR) is 68.1 cm³/mol. The Morgan fingerprint density at radius 1 is 1.56 bits per heavy atom. The molecule has 0 spiro atoms. The fourth-order valence-corrected chi connectivity index (χ4v) is 1.43. The van der Waals surface area contributed by atoms with E-state index >= 15 is 0 Å². The van der Waals surface area contributed by atoms with Crippen LogP contribution in [0.2, 0.25) is 0 Å². The van der Waals surface area contributed by atoms with Crippen molar-refractivity contribution in [1.82, 2.24) is 5.32 Å². The van der Waals surface area contributed by atoms with E-state index in [1.54, 1.807) is 19.1 Å². The second-order valence-corrected chi connectivity index (χ2v) is 3.92. The lowest BCUT2D eigenvalue weighted by atomic mass is 10.1. The van der Waals surface area contributed by atoms with Gasteiger partial charge in [0.1, 0.15) is 5.75 Å². The Bertz CT molecular complexity index is 472. The van der Waals surface area contributed by atoms with Gasteiger partial charge in [-0.05, 0) is 26.0 Å². The molecule has 1 unspecified atom stereocenters. The van der Waals surface area contributed by atoms with Crippen LogP contribution < -0.4 is 15.8 Å². The number of hydrogen-bond donors (Lipinski definition) is 3. The normalized spacial score (nSPS) is 12.9. The molecular weight excluding hydrogens is 234 g/mol. The first-order valence-corrected chi connectivity index (χ1v) is 5.42. The van der Waals surface area contributed by atoms with Gasteiger partial charge in [-0.3, -0.25) is 4.79 Å². The number of amidine groups is 1. The van der Waals surface area contributed by atoms with Crippen molar-refractivity contribution in [1.29, 1.82) is 0 Å². The second kappa shape index (κ2) is 5.90. The van der Waals surface area contributed by atoms with Crippen LogP contribution in [0.25, 0.3) is 0 Å². The van der Waals surface area contributed by atoms with E-state index in [0.29, 0.717) is 11.3 Å². The highest BCUT2D eigenvalue weighted by Gasteiger charge is 2.16. The van der Waals surface area contributed by atoms with E-state index in [1.165, 1.54) is 7.11 Å². The molecule has 1 amide bonds. The van der Waals surface area contributed by atoms with Crippen LogP contribution in [0.5, 0.6) is 5.75 Å². The zero-order chi connectivity index (χ0) is 13.7. The minimum atomic E-state index is -0.562. The molecule has 0 fully saturated rings. The molecule has 0 aliphatic rings. The molecule has 0 radical (unpaired) electrons. The molecule has 4 N–H and O–H groups in total. The average Bonchev–Trinajstić information content (AvgIpc) is 2.37. The topological polar surface area (TPSA) is 96.9 Å². The fourth-order valence-electron chi connectivity index (χ4n) is 1.43. The summed E-state index contributed by atoms with van der Waals surface area (Å²) in [6, 6.07) is 4.72. The largest absolute Gasteiger partial charge is 0.496 e. The number of rotatable bonds is 4. The highest BCUT2D eigenvalue weighted by molar-refractivity contribution is 6.00. The Morgan fingerprint density at radius 2 is 2.22 bits per heavy atom. The molecule has 0 saturated carbocycles. The van der Waals surface area contributed by atoms with Crippen LogP contribution in [0.15, 0.2) is 23.4 Å². The molecule has 6 nitrogen and oxygen atoms in total. The van der Waals surface area contributed by atoms with E-state index in [1.807, 2.05) is 13.0 Å². The van der Waals surface area contributed by atoms with Crippen molar-refractivity contribution in [3.8, 4) is 5.75 Å². The molecular formula is C12H17N3O3. The van der Waals surface area contributed by atoms with Gasteiger partial charge in [-0.2, -0.15) is 0 Å². The van der Waals surface area contributed by atoms with Gasteiger partial charge in [0.15, 0.2) is 5.84 Å². The van der Waals surface area contributed by atoms with Gasteiger partial charge < -0.3 is 21.0 Å². The van der Waals surface area contributed by atoms with Crippen molar-refractivity contribution >= 4 is 11.7 Å². The highest BCUT2D eigenvalue weighted by Crippen LogP contribution is 2.19. The maximum atomic E-state index is 12.0. The maximum absolute atomic E-state index is 12.0. The van der Waals surface area contributed by atoms with Crippen LogP contribution in [-0.4, -0.2) is 30.1 Å². The van der Waals surface area contributed by atoms with Crippen LogP contribution in [0.1, 0.15) is 22.8 Å². The first kappa shape index (κ1) is 13.8. The minimum Gasteiger partial charge on any atom is -0.496 e. The van der Waals surface area contributed by atoms with Crippen LogP contribution in [0.4, 0.5) is 0 Å². The Balaban J connectivity index is 2.93. The number of carbonyl (C=O) groups excluding carboxylic acids is 1. The Kier molecular flexibility index (Phi) is 4.53. The van der Waals surface area contributed by atoms with Gasteiger partial charge in [0.25, 0.3) is 5.91 Å². The Morgan fingerprint density at radius 3 is 2.78 bits per heavy atom. The number of oxime groups is 1. The summed E-state index contributed by atoms with van der Waals surface area (Å²) in [6.07, 6.45) is 0. The monoisotopic (exact) mass is 251 g/mol. The SMILES string of the molecule is COc1ccc(C)cc1C(=O)NC(C)/C(N)=N/O. The molecule has 18 heavy (non-hydrogen) atoms. The van der Waals surface area contributed by atoms with E-state index in [9.17, 15) is 4.79 Å².